The molecule has 4 nitrogen and oxygen atoms in total. The molecule has 1 amide bonds. The van der Waals surface area contributed by atoms with Gasteiger partial charge in [-0.1, -0.05) is 17.7 Å². The summed E-state index contributed by atoms with van der Waals surface area (Å²) in [4.78, 5) is 12.3. The number of hydrogen-bond acceptors (Lipinski definition) is 3. The highest BCUT2D eigenvalue weighted by molar-refractivity contribution is 6.31. The molecule has 1 aliphatic carbocycles. The summed E-state index contributed by atoms with van der Waals surface area (Å²) in [7, 11) is 0. The zero-order valence-electron chi connectivity index (χ0n) is 17.0. The number of benzene rings is 1. The summed E-state index contributed by atoms with van der Waals surface area (Å²) < 4.78 is 19.9. The van der Waals surface area contributed by atoms with Crippen LogP contribution in [0.2, 0.25) is 5.02 Å². The molecule has 2 heterocycles. The van der Waals surface area contributed by atoms with Gasteiger partial charge in [0.1, 0.15) is 5.82 Å². The minimum absolute atomic E-state index is 0.00802. The lowest BCUT2D eigenvalue weighted by Crippen LogP contribution is -2.73. The molecule has 1 saturated carbocycles. The molecule has 2 aliphatic heterocycles. The van der Waals surface area contributed by atoms with Crippen molar-refractivity contribution in [3.05, 3.63) is 34.6 Å². The van der Waals surface area contributed by atoms with Gasteiger partial charge in [0.05, 0.1) is 11.6 Å². The molecular formula is C22H30ClFN2O2. The Morgan fingerprint density at radius 2 is 2.04 bits per heavy atom. The lowest BCUT2D eigenvalue weighted by atomic mass is 9.52. The number of carbonyl (C=O) groups excluding carboxylic acids is 1. The first-order chi connectivity index (χ1) is 13.1. The summed E-state index contributed by atoms with van der Waals surface area (Å²) in [6.07, 6.45) is 2.56. The van der Waals surface area contributed by atoms with Crippen molar-refractivity contribution in [2.45, 2.75) is 70.2 Å². The van der Waals surface area contributed by atoms with Crippen LogP contribution < -0.4 is 10.6 Å². The summed E-state index contributed by atoms with van der Waals surface area (Å²) in [6, 6.07) is 4.82. The first-order valence-corrected chi connectivity index (χ1v) is 10.6. The van der Waals surface area contributed by atoms with Gasteiger partial charge in [0.2, 0.25) is 5.91 Å². The van der Waals surface area contributed by atoms with Crippen LogP contribution in [0.1, 0.15) is 58.6 Å². The maximum atomic E-state index is 13.6. The van der Waals surface area contributed by atoms with Crippen LogP contribution in [-0.4, -0.2) is 29.6 Å². The number of hydrogen-bond donors (Lipinski definition) is 2. The molecule has 0 spiro atoms. The van der Waals surface area contributed by atoms with Crippen molar-refractivity contribution >= 4 is 17.5 Å². The van der Waals surface area contributed by atoms with Gasteiger partial charge in [0, 0.05) is 36.1 Å². The van der Waals surface area contributed by atoms with Gasteiger partial charge >= 0.3 is 0 Å². The predicted molar refractivity (Wildman–Crippen MR) is 108 cm³/mol. The Morgan fingerprint density at radius 3 is 2.71 bits per heavy atom. The second kappa shape index (κ2) is 6.96. The number of fused-ring (bicyclic) bond motifs is 4. The highest BCUT2D eigenvalue weighted by atomic mass is 35.5. The first kappa shape index (κ1) is 20.1. The fourth-order valence-corrected chi connectivity index (χ4v) is 6.57. The van der Waals surface area contributed by atoms with Gasteiger partial charge < -0.3 is 15.4 Å². The average Bonchev–Trinajstić information content (AvgIpc) is 2.58. The topological polar surface area (TPSA) is 50.4 Å². The second-order valence-corrected chi connectivity index (χ2v) is 9.87. The maximum absolute atomic E-state index is 13.6. The smallest absolute Gasteiger partial charge is 0.217 e. The minimum atomic E-state index is -0.350. The number of piperidine rings is 1. The number of rotatable bonds is 2. The Kier molecular flexibility index (Phi) is 5.00. The number of halogens is 2. The van der Waals surface area contributed by atoms with Crippen molar-refractivity contribution in [2.75, 3.05) is 6.61 Å². The summed E-state index contributed by atoms with van der Waals surface area (Å²) in [5.74, 6) is 0.534. The van der Waals surface area contributed by atoms with E-state index in [0.29, 0.717) is 23.5 Å². The summed E-state index contributed by atoms with van der Waals surface area (Å²) in [5, 5.41) is 7.55. The molecule has 3 fully saturated rings. The standard InChI is InChI=1S/C22H30ClFN2O2/c1-12-17-9-14(21(3,4)25-12)10-18-20(16-6-5-15(24)11-19(16)23)28-8-7-22(17,18)26-13(2)27/h5-6,11-12,14,17-18,20,25H,7-10H2,1-4H3,(H,26,27)/t12-,14?,17?,18+,20+,22+/m1/s1. The van der Waals surface area contributed by atoms with Crippen LogP contribution in [0.25, 0.3) is 0 Å². The fraction of sp³-hybridized carbons (Fsp3) is 0.682. The second-order valence-electron chi connectivity index (χ2n) is 9.46. The van der Waals surface area contributed by atoms with Gasteiger partial charge in [-0.3, -0.25) is 4.79 Å². The van der Waals surface area contributed by atoms with Crippen LogP contribution in [0.3, 0.4) is 0 Å². The van der Waals surface area contributed by atoms with Crippen molar-refractivity contribution in [3.63, 3.8) is 0 Å². The fourth-order valence-electron chi connectivity index (χ4n) is 6.30. The van der Waals surface area contributed by atoms with Crippen molar-refractivity contribution in [1.29, 1.82) is 0 Å². The molecule has 0 radical (unpaired) electrons. The van der Waals surface area contributed by atoms with E-state index in [-0.39, 0.29) is 40.9 Å². The number of ether oxygens (including phenoxy) is 1. The van der Waals surface area contributed by atoms with E-state index in [9.17, 15) is 9.18 Å². The third-order valence-electron chi connectivity index (χ3n) is 7.48. The normalized spacial score (nSPS) is 39.1. The van der Waals surface area contributed by atoms with E-state index in [4.69, 9.17) is 16.3 Å². The summed E-state index contributed by atoms with van der Waals surface area (Å²) in [6.45, 7) is 8.90. The van der Waals surface area contributed by atoms with Crippen LogP contribution >= 0.6 is 11.6 Å². The number of amides is 1. The molecule has 0 aromatic heterocycles. The van der Waals surface area contributed by atoms with Crippen molar-refractivity contribution < 1.29 is 13.9 Å². The van der Waals surface area contributed by atoms with E-state index in [2.05, 4.69) is 31.4 Å². The van der Waals surface area contributed by atoms with Crippen molar-refractivity contribution in [1.82, 2.24) is 10.6 Å². The van der Waals surface area contributed by atoms with E-state index in [0.717, 1.165) is 24.8 Å². The van der Waals surface area contributed by atoms with Crippen LogP contribution in [0, 0.1) is 23.6 Å². The molecule has 3 aliphatic rings. The largest absolute Gasteiger partial charge is 0.373 e. The monoisotopic (exact) mass is 408 g/mol. The molecule has 1 aromatic rings. The Balaban J connectivity index is 1.80. The van der Waals surface area contributed by atoms with Gasteiger partial charge in [-0.2, -0.15) is 0 Å². The summed E-state index contributed by atoms with van der Waals surface area (Å²) >= 11 is 6.43. The molecule has 2 N–H and O–H groups in total. The van der Waals surface area contributed by atoms with E-state index in [1.54, 1.807) is 13.0 Å². The lowest BCUT2D eigenvalue weighted by Gasteiger charge is -2.63. The third-order valence-corrected chi connectivity index (χ3v) is 7.81. The van der Waals surface area contributed by atoms with Gasteiger partial charge in [0.25, 0.3) is 0 Å². The van der Waals surface area contributed by atoms with E-state index in [1.807, 2.05) is 0 Å². The Bertz CT molecular complexity index is 786. The highest BCUT2D eigenvalue weighted by Gasteiger charge is 2.61. The van der Waals surface area contributed by atoms with Gasteiger partial charge in [-0.05, 0) is 69.6 Å². The SMILES string of the molecule is CC(=O)N[C@]12CCO[C@@H](c3ccc(F)cc3Cl)[C@@H]1CC1CC2[C@@H](C)NC1(C)C. The molecule has 28 heavy (non-hydrogen) atoms. The minimum Gasteiger partial charge on any atom is -0.373 e. The first-order valence-electron chi connectivity index (χ1n) is 10.3. The lowest BCUT2D eigenvalue weighted by molar-refractivity contribution is -0.160. The zero-order chi connectivity index (χ0) is 20.3. The number of carbonyl (C=O) groups is 1. The molecule has 2 saturated heterocycles. The van der Waals surface area contributed by atoms with E-state index in [1.165, 1.54) is 12.1 Å². The van der Waals surface area contributed by atoms with Crippen LogP contribution in [0.15, 0.2) is 18.2 Å². The van der Waals surface area contributed by atoms with Crippen LogP contribution in [0.4, 0.5) is 4.39 Å². The maximum Gasteiger partial charge on any atom is 0.217 e. The molecule has 4 rings (SSSR count). The Labute approximate surface area is 171 Å². The predicted octanol–water partition coefficient (Wildman–Crippen LogP) is 4.23. The Morgan fingerprint density at radius 1 is 1.32 bits per heavy atom. The van der Waals surface area contributed by atoms with Gasteiger partial charge in [-0.25, -0.2) is 4.39 Å². The van der Waals surface area contributed by atoms with E-state index >= 15 is 0 Å². The molecule has 1 aromatic carbocycles. The van der Waals surface area contributed by atoms with Crippen LogP contribution in [0.5, 0.6) is 0 Å². The average molecular weight is 409 g/mol. The van der Waals surface area contributed by atoms with Crippen molar-refractivity contribution in [3.8, 4) is 0 Å². The van der Waals surface area contributed by atoms with Crippen molar-refractivity contribution in [2.24, 2.45) is 17.8 Å². The van der Waals surface area contributed by atoms with E-state index < -0.39 is 0 Å². The Hall–Kier alpha value is -1.17. The van der Waals surface area contributed by atoms with Gasteiger partial charge in [0.15, 0.2) is 0 Å². The summed E-state index contributed by atoms with van der Waals surface area (Å²) in [5.41, 5.74) is 0.500. The number of nitrogens with one attached hydrogen (secondary N) is 2. The molecule has 6 atom stereocenters. The third kappa shape index (κ3) is 3.16. The zero-order valence-corrected chi connectivity index (χ0v) is 17.8. The molecule has 2 bridgehead atoms. The quantitative estimate of drug-likeness (QED) is 0.770. The molecule has 6 heteroatoms. The molecule has 2 unspecified atom stereocenters. The highest BCUT2D eigenvalue weighted by Crippen LogP contribution is 2.57. The van der Waals surface area contributed by atoms with Gasteiger partial charge in [-0.15, -0.1) is 0 Å². The molecular weight excluding hydrogens is 379 g/mol. The van der Waals surface area contributed by atoms with Crippen LogP contribution in [-0.2, 0) is 9.53 Å². The molecule has 154 valence electrons.